The standard InChI is InChI=1S/C26H20N2O2/c1-27-15-7-11-19-23(17-9-3-5-13-21(17)29-25(19)27)24-18-10-4-6-14-22(18)30-26-20(24)12-8-16-28(26)2/h3-16H,1-2H3/q+2/b24-23-. The number of aromatic nitrogens is 2. The van der Waals surface area contributed by atoms with Crippen LogP contribution in [0.5, 0.6) is 23.3 Å². The molecule has 6 rings (SSSR count). The number of aryl methyl sites for hydroxylation is 2. The zero-order valence-corrected chi connectivity index (χ0v) is 16.8. The molecule has 0 amide bonds. The highest BCUT2D eigenvalue weighted by atomic mass is 16.5. The van der Waals surface area contributed by atoms with E-state index in [0.717, 1.165) is 56.7 Å². The minimum Gasteiger partial charge on any atom is -0.404 e. The Balaban J connectivity index is 1.81. The summed E-state index contributed by atoms with van der Waals surface area (Å²) >= 11 is 0. The Morgan fingerprint density at radius 2 is 0.900 bits per heavy atom. The predicted octanol–water partition coefficient (Wildman–Crippen LogP) is 4.55. The Morgan fingerprint density at radius 1 is 0.500 bits per heavy atom. The summed E-state index contributed by atoms with van der Waals surface area (Å²) in [6.07, 6.45) is 4.03. The lowest BCUT2D eigenvalue weighted by Gasteiger charge is -2.26. The lowest BCUT2D eigenvalue weighted by molar-refractivity contribution is -0.676. The molecule has 0 spiro atoms. The van der Waals surface area contributed by atoms with Crippen LogP contribution < -0.4 is 18.6 Å². The quantitative estimate of drug-likeness (QED) is 0.355. The number of pyridine rings is 2. The Morgan fingerprint density at radius 3 is 1.37 bits per heavy atom. The molecule has 0 saturated heterocycles. The highest BCUT2D eigenvalue weighted by Gasteiger charge is 2.36. The van der Waals surface area contributed by atoms with E-state index in [0.29, 0.717) is 0 Å². The maximum Gasteiger partial charge on any atom is 0.381 e. The van der Waals surface area contributed by atoms with Crippen LogP contribution in [0, 0.1) is 0 Å². The largest absolute Gasteiger partial charge is 0.404 e. The van der Waals surface area contributed by atoms with Crippen LogP contribution in [0.25, 0.3) is 11.1 Å². The van der Waals surface area contributed by atoms with E-state index in [-0.39, 0.29) is 0 Å². The molecule has 0 unspecified atom stereocenters. The number of para-hydroxylation sites is 2. The van der Waals surface area contributed by atoms with Crippen molar-refractivity contribution in [1.82, 2.24) is 0 Å². The van der Waals surface area contributed by atoms with Crippen LogP contribution in [0.3, 0.4) is 0 Å². The van der Waals surface area contributed by atoms with Crippen molar-refractivity contribution in [2.75, 3.05) is 0 Å². The third-order valence-corrected chi connectivity index (χ3v) is 5.76. The van der Waals surface area contributed by atoms with E-state index >= 15 is 0 Å². The Bertz CT molecular complexity index is 1270. The van der Waals surface area contributed by atoms with Gasteiger partial charge in [0.2, 0.25) is 0 Å². The van der Waals surface area contributed by atoms with E-state index in [2.05, 4.69) is 48.5 Å². The van der Waals surface area contributed by atoms with Crippen LogP contribution in [-0.2, 0) is 14.1 Å². The van der Waals surface area contributed by atoms with Crippen molar-refractivity contribution >= 4 is 11.1 Å². The molecule has 4 nitrogen and oxygen atoms in total. The van der Waals surface area contributed by atoms with E-state index in [4.69, 9.17) is 9.47 Å². The maximum atomic E-state index is 6.32. The summed E-state index contributed by atoms with van der Waals surface area (Å²) in [6, 6.07) is 24.9. The molecule has 0 N–H and O–H groups in total. The first-order chi connectivity index (χ1) is 14.7. The first-order valence-corrected chi connectivity index (χ1v) is 9.99. The van der Waals surface area contributed by atoms with Crippen molar-refractivity contribution in [3.05, 3.63) is 107 Å². The molecule has 144 valence electrons. The first kappa shape index (κ1) is 17.0. The van der Waals surface area contributed by atoms with Crippen LogP contribution in [0.1, 0.15) is 22.3 Å². The van der Waals surface area contributed by atoms with Crippen molar-refractivity contribution < 1.29 is 18.6 Å². The predicted molar refractivity (Wildman–Crippen MR) is 113 cm³/mol. The van der Waals surface area contributed by atoms with Crippen molar-refractivity contribution in [3.63, 3.8) is 0 Å². The molecular weight excluding hydrogens is 372 g/mol. The van der Waals surface area contributed by atoms with Crippen LogP contribution >= 0.6 is 0 Å². The summed E-state index contributed by atoms with van der Waals surface area (Å²) in [5, 5.41) is 0. The molecule has 0 aliphatic carbocycles. The van der Waals surface area contributed by atoms with E-state index < -0.39 is 0 Å². The summed E-state index contributed by atoms with van der Waals surface area (Å²) in [5.41, 5.74) is 6.63. The molecule has 4 aromatic rings. The summed E-state index contributed by atoms with van der Waals surface area (Å²) in [7, 11) is 4.03. The fourth-order valence-electron chi connectivity index (χ4n) is 4.39. The molecular formula is C26H20N2O2+2. The van der Waals surface area contributed by atoms with E-state index in [1.54, 1.807) is 0 Å². The molecule has 2 aromatic carbocycles. The number of ether oxygens (including phenoxy) is 2. The van der Waals surface area contributed by atoms with Crippen molar-refractivity contribution in [2.45, 2.75) is 0 Å². The molecule has 0 fully saturated rings. The van der Waals surface area contributed by atoms with Gasteiger partial charge in [-0.1, -0.05) is 36.4 Å². The molecule has 2 aliphatic rings. The second-order valence-corrected chi connectivity index (χ2v) is 7.62. The van der Waals surface area contributed by atoms with Gasteiger partial charge in [0.15, 0.2) is 12.4 Å². The molecule has 2 aromatic heterocycles. The average Bonchev–Trinajstić information content (AvgIpc) is 2.77. The average molecular weight is 392 g/mol. The van der Waals surface area contributed by atoms with Gasteiger partial charge in [0.05, 0.1) is 11.1 Å². The molecule has 2 aliphatic heterocycles. The second kappa shape index (κ2) is 6.29. The molecule has 0 saturated carbocycles. The van der Waals surface area contributed by atoms with Crippen LogP contribution in [0.15, 0.2) is 85.2 Å². The molecule has 0 atom stereocenters. The SMILES string of the molecule is C[n+]1cccc2c1Oc1ccccc1/C2=C1\c2ccccc2Oc2c1ccc[n+]2C. The number of nitrogens with zero attached hydrogens (tertiary/aromatic N) is 2. The zero-order valence-electron chi connectivity index (χ0n) is 16.8. The second-order valence-electron chi connectivity index (χ2n) is 7.62. The first-order valence-electron chi connectivity index (χ1n) is 9.99. The third-order valence-electron chi connectivity index (χ3n) is 5.76. The molecule has 0 bridgehead atoms. The van der Waals surface area contributed by atoms with Crippen molar-refractivity contribution in [3.8, 4) is 23.3 Å². The number of benzene rings is 2. The normalized spacial score (nSPS) is 15.8. The van der Waals surface area contributed by atoms with Gasteiger partial charge in [-0.3, -0.25) is 0 Å². The maximum absolute atomic E-state index is 6.32. The van der Waals surface area contributed by atoms with Crippen molar-refractivity contribution in [1.29, 1.82) is 0 Å². The Kier molecular flexibility index (Phi) is 3.56. The van der Waals surface area contributed by atoms with Crippen LogP contribution in [-0.4, -0.2) is 0 Å². The third kappa shape index (κ3) is 2.34. The highest BCUT2D eigenvalue weighted by Crippen LogP contribution is 2.51. The van der Waals surface area contributed by atoms with Gasteiger partial charge in [-0.25, -0.2) is 0 Å². The van der Waals surface area contributed by atoms with Crippen LogP contribution in [0.4, 0.5) is 0 Å². The van der Waals surface area contributed by atoms with Gasteiger partial charge in [0.1, 0.15) is 25.6 Å². The monoisotopic (exact) mass is 392 g/mol. The van der Waals surface area contributed by atoms with E-state index in [1.165, 1.54) is 0 Å². The number of hydrogen-bond acceptors (Lipinski definition) is 2. The minimum absolute atomic E-state index is 0.838. The van der Waals surface area contributed by atoms with E-state index in [1.807, 2.05) is 59.9 Å². The van der Waals surface area contributed by atoms with Crippen molar-refractivity contribution in [2.24, 2.45) is 14.1 Å². The number of fused-ring (bicyclic) bond motifs is 4. The molecule has 0 radical (unpaired) electrons. The number of rotatable bonds is 0. The Hall–Kier alpha value is -3.92. The lowest BCUT2D eigenvalue weighted by Crippen LogP contribution is -2.33. The summed E-state index contributed by atoms with van der Waals surface area (Å²) in [4.78, 5) is 0. The minimum atomic E-state index is 0.838. The molecule has 4 heteroatoms. The summed E-state index contributed by atoms with van der Waals surface area (Å²) in [6.45, 7) is 0. The van der Waals surface area contributed by atoms with E-state index in [9.17, 15) is 0 Å². The summed E-state index contributed by atoms with van der Waals surface area (Å²) in [5.74, 6) is 3.40. The fraction of sp³-hybridized carbons (Fsp3) is 0.0769. The number of hydrogen-bond donors (Lipinski definition) is 0. The van der Waals surface area contributed by atoms with Gasteiger partial charge in [-0.2, -0.15) is 9.13 Å². The lowest BCUT2D eigenvalue weighted by atomic mass is 9.84. The van der Waals surface area contributed by atoms with Crippen LogP contribution in [0.2, 0.25) is 0 Å². The van der Waals surface area contributed by atoms with Gasteiger partial charge < -0.3 is 9.47 Å². The summed E-state index contributed by atoms with van der Waals surface area (Å²) < 4.78 is 16.7. The Labute approximate surface area is 174 Å². The van der Waals surface area contributed by atoms with Gasteiger partial charge in [0, 0.05) is 34.4 Å². The topological polar surface area (TPSA) is 26.2 Å². The van der Waals surface area contributed by atoms with Gasteiger partial charge >= 0.3 is 11.8 Å². The van der Waals surface area contributed by atoms with Gasteiger partial charge in [-0.05, 0) is 24.3 Å². The molecule has 30 heavy (non-hydrogen) atoms. The highest BCUT2D eigenvalue weighted by molar-refractivity contribution is 6.09. The van der Waals surface area contributed by atoms with Gasteiger partial charge in [-0.15, -0.1) is 0 Å². The smallest absolute Gasteiger partial charge is 0.381 e. The molecule has 4 heterocycles. The van der Waals surface area contributed by atoms with Gasteiger partial charge in [0.25, 0.3) is 0 Å². The fourth-order valence-corrected chi connectivity index (χ4v) is 4.39. The zero-order chi connectivity index (χ0) is 20.2.